The van der Waals surface area contributed by atoms with E-state index in [4.69, 9.17) is 4.74 Å². The number of halogens is 5. The number of morpholine rings is 1. The van der Waals surface area contributed by atoms with Gasteiger partial charge in [-0.05, 0) is 56.4 Å². The third kappa shape index (κ3) is 6.28. The number of alkyl halides is 3. The van der Waals surface area contributed by atoms with Crippen molar-refractivity contribution in [2.24, 2.45) is 0 Å². The van der Waals surface area contributed by atoms with E-state index in [0.717, 1.165) is 12.1 Å². The lowest BCUT2D eigenvalue weighted by Crippen LogP contribution is -2.50. The number of anilines is 3. The fraction of sp³-hybridized carbons (Fsp3) is 0.379. The van der Waals surface area contributed by atoms with Crippen LogP contribution in [0.15, 0.2) is 48.5 Å². The lowest BCUT2D eigenvalue weighted by molar-refractivity contribution is -0.138. The molecular weight excluding hydrogens is 545 g/mol. The molecular formula is C29H30F5N5O2. The number of carbonyl (C=O) groups is 1. The molecule has 2 aliphatic heterocycles. The lowest BCUT2D eigenvalue weighted by Gasteiger charge is -2.39. The molecule has 2 aromatic carbocycles. The van der Waals surface area contributed by atoms with Crippen LogP contribution in [0.25, 0.3) is 11.3 Å². The molecule has 0 radical (unpaired) electrons. The smallest absolute Gasteiger partial charge is 0.378 e. The zero-order valence-corrected chi connectivity index (χ0v) is 22.6. The summed E-state index contributed by atoms with van der Waals surface area (Å²) in [6, 6.07) is 9.85. The van der Waals surface area contributed by atoms with Gasteiger partial charge in [-0.1, -0.05) is 6.07 Å². The average Bonchev–Trinajstić information content (AvgIpc) is 2.95. The zero-order valence-electron chi connectivity index (χ0n) is 22.6. The summed E-state index contributed by atoms with van der Waals surface area (Å²) in [5.41, 5.74) is -1.30. The maximum atomic E-state index is 15.7. The summed E-state index contributed by atoms with van der Waals surface area (Å²) in [5.74, 6) is -2.16. The molecule has 3 aromatic rings. The number of amides is 1. The average molecular weight is 576 g/mol. The highest BCUT2D eigenvalue weighted by Crippen LogP contribution is 2.37. The van der Waals surface area contributed by atoms with Gasteiger partial charge < -0.3 is 24.8 Å². The van der Waals surface area contributed by atoms with Gasteiger partial charge in [-0.3, -0.25) is 4.79 Å². The minimum absolute atomic E-state index is 0.0801. The molecule has 218 valence electrons. The van der Waals surface area contributed by atoms with Crippen molar-refractivity contribution in [2.45, 2.75) is 19.1 Å². The van der Waals surface area contributed by atoms with Crippen LogP contribution in [0.4, 0.5) is 39.1 Å². The lowest BCUT2D eigenvalue weighted by atomic mass is 10.0. The number of pyridine rings is 1. The SMILES string of the molecule is C[C@@H]1CN(c2cc(F)c(-c3cccc(N4CCOCC4)n3)cc2NC(=O)c2ccc(F)cc2C(F)(F)F)CCN1C. The monoisotopic (exact) mass is 575 g/mol. The van der Waals surface area contributed by atoms with E-state index in [1.54, 1.807) is 12.1 Å². The van der Waals surface area contributed by atoms with Crippen LogP contribution in [0.1, 0.15) is 22.8 Å². The predicted octanol–water partition coefficient (Wildman–Crippen LogP) is 5.27. The summed E-state index contributed by atoms with van der Waals surface area (Å²) >= 11 is 0. The van der Waals surface area contributed by atoms with Crippen molar-refractivity contribution in [1.29, 1.82) is 0 Å². The van der Waals surface area contributed by atoms with Crippen LogP contribution in [0, 0.1) is 11.6 Å². The second-order valence-electron chi connectivity index (χ2n) is 10.2. The van der Waals surface area contributed by atoms with Gasteiger partial charge in [0.25, 0.3) is 5.91 Å². The Morgan fingerprint density at radius 1 is 1.00 bits per heavy atom. The number of hydrogen-bond acceptors (Lipinski definition) is 6. The van der Waals surface area contributed by atoms with Crippen molar-refractivity contribution in [3.63, 3.8) is 0 Å². The molecule has 12 heteroatoms. The van der Waals surface area contributed by atoms with Crippen molar-refractivity contribution in [3.05, 3.63) is 71.3 Å². The minimum Gasteiger partial charge on any atom is -0.378 e. The Morgan fingerprint density at radius 3 is 2.46 bits per heavy atom. The van der Waals surface area contributed by atoms with Gasteiger partial charge in [0.2, 0.25) is 0 Å². The molecule has 1 aromatic heterocycles. The van der Waals surface area contributed by atoms with Crippen LogP contribution >= 0.6 is 0 Å². The van der Waals surface area contributed by atoms with E-state index in [1.807, 2.05) is 29.8 Å². The van der Waals surface area contributed by atoms with E-state index in [1.165, 1.54) is 12.1 Å². The fourth-order valence-electron chi connectivity index (χ4n) is 5.07. The molecule has 3 heterocycles. The van der Waals surface area contributed by atoms with Gasteiger partial charge in [-0.25, -0.2) is 13.8 Å². The number of ether oxygens (including phenoxy) is 1. The number of carbonyl (C=O) groups excluding carboxylic acids is 1. The number of benzene rings is 2. The first-order chi connectivity index (χ1) is 19.5. The van der Waals surface area contributed by atoms with Crippen molar-refractivity contribution >= 4 is 23.1 Å². The number of aromatic nitrogens is 1. The quantitative estimate of drug-likeness (QED) is 0.418. The molecule has 2 fully saturated rings. The molecule has 1 N–H and O–H groups in total. The summed E-state index contributed by atoms with van der Waals surface area (Å²) in [6.45, 7) is 6.02. The van der Waals surface area contributed by atoms with Gasteiger partial charge in [0, 0.05) is 44.3 Å². The molecule has 41 heavy (non-hydrogen) atoms. The van der Waals surface area contributed by atoms with Crippen LogP contribution < -0.4 is 15.1 Å². The third-order valence-electron chi connectivity index (χ3n) is 7.51. The maximum Gasteiger partial charge on any atom is 0.417 e. The fourth-order valence-corrected chi connectivity index (χ4v) is 5.07. The van der Waals surface area contributed by atoms with Crippen molar-refractivity contribution in [1.82, 2.24) is 9.88 Å². The predicted molar refractivity (Wildman–Crippen MR) is 146 cm³/mol. The van der Waals surface area contributed by atoms with Crippen molar-refractivity contribution < 1.29 is 31.5 Å². The second kappa shape index (κ2) is 11.6. The van der Waals surface area contributed by atoms with E-state index in [9.17, 15) is 22.4 Å². The molecule has 0 unspecified atom stereocenters. The number of nitrogens with zero attached hydrogens (tertiary/aromatic N) is 4. The molecule has 7 nitrogen and oxygen atoms in total. The molecule has 0 spiro atoms. The maximum absolute atomic E-state index is 15.7. The number of hydrogen-bond donors (Lipinski definition) is 1. The molecule has 1 atom stereocenters. The number of nitrogens with one attached hydrogen (secondary N) is 1. The Bertz CT molecular complexity index is 1430. The highest BCUT2D eigenvalue weighted by molar-refractivity contribution is 6.07. The summed E-state index contributed by atoms with van der Waals surface area (Å²) in [5, 5.41) is 2.56. The molecule has 0 saturated carbocycles. The molecule has 0 bridgehead atoms. The van der Waals surface area contributed by atoms with E-state index < -0.39 is 34.8 Å². The van der Waals surface area contributed by atoms with E-state index in [2.05, 4.69) is 15.2 Å². The number of rotatable bonds is 5. The Hall–Kier alpha value is -3.77. The van der Waals surface area contributed by atoms with E-state index in [0.29, 0.717) is 63.1 Å². The van der Waals surface area contributed by atoms with Crippen molar-refractivity contribution in [3.8, 4) is 11.3 Å². The van der Waals surface area contributed by atoms with Crippen LogP contribution in [-0.2, 0) is 10.9 Å². The number of piperazine rings is 1. The molecule has 0 aliphatic carbocycles. The summed E-state index contributed by atoms with van der Waals surface area (Å²) in [4.78, 5) is 23.9. The molecule has 1 amide bonds. The Balaban J connectivity index is 1.56. The first kappa shape index (κ1) is 28.7. The van der Waals surface area contributed by atoms with Gasteiger partial charge in [0.1, 0.15) is 17.5 Å². The Kier molecular flexibility index (Phi) is 8.14. The second-order valence-corrected chi connectivity index (χ2v) is 10.2. The zero-order chi connectivity index (χ0) is 29.3. The first-order valence-corrected chi connectivity index (χ1v) is 13.3. The highest BCUT2D eigenvalue weighted by atomic mass is 19.4. The summed E-state index contributed by atoms with van der Waals surface area (Å²) < 4.78 is 75.9. The van der Waals surface area contributed by atoms with Gasteiger partial charge in [-0.2, -0.15) is 13.2 Å². The molecule has 5 rings (SSSR count). The van der Waals surface area contributed by atoms with Gasteiger partial charge in [0.15, 0.2) is 0 Å². The van der Waals surface area contributed by atoms with E-state index in [-0.39, 0.29) is 23.4 Å². The summed E-state index contributed by atoms with van der Waals surface area (Å²) in [7, 11) is 1.97. The largest absolute Gasteiger partial charge is 0.417 e. The standard InChI is InChI=1S/C29H30F5N5O2/c1-18-17-39(9-8-37(18)2)26-16-23(31)21(24-4-3-5-27(35-24)38-10-12-41-13-11-38)15-25(26)36-28(40)20-7-6-19(30)14-22(20)29(32,33)34/h3-7,14-16,18H,8-13,17H2,1-2H3,(H,36,40)/t18-/m1/s1. The highest BCUT2D eigenvalue weighted by Gasteiger charge is 2.36. The van der Waals surface area contributed by atoms with Gasteiger partial charge in [-0.15, -0.1) is 0 Å². The van der Waals surface area contributed by atoms with Crippen LogP contribution in [-0.4, -0.2) is 74.8 Å². The van der Waals surface area contributed by atoms with Crippen LogP contribution in [0.2, 0.25) is 0 Å². The third-order valence-corrected chi connectivity index (χ3v) is 7.51. The summed E-state index contributed by atoms with van der Waals surface area (Å²) in [6.07, 6.45) is -4.96. The van der Waals surface area contributed by atoms with Crippen LogP contribution in [0.5, 0.6) is 0 Å². The topological polar surface area (TPSA) is 60.9 Å². The molecule has 2 saturated heterocycles. The van der Waals surface area contributed by atoms with E-state index >= 15 is 4.39 Å². The van der Waals surface area contributed by atoms with Gasteiger partial charge >= 0.3 is 6.18 Å². The minimum atomic E-state index is -4.96. The number of likely N-dealkylation sites (N-methyl/N-ethyl adjacent to an activating group) is 1. The Morgan fingerprint density at radius 2 is 1.76 bits per heavy atom. The van der Waals surface area contributed by atoms with Gasteiger partial charge in [0.05, 0.1) is 41.4 Å². The normalized spacial score (nSPS) is 18.5. The molecule has 2 aliphatic rings. The van der Waals surface area contributed by atoms with Crippen molar-refractivity contribution in [2.75, 3.05) is 68.1 Å². The first-order valence-electron chi connectivity index (χ1n) is 13.3. The Labute approximate surface area is 234 Å². The van der Waals surface area contributed by atoms with Crippen LogP contribution in [0.3, 0.4) is 0 Å².